The van der Waals surface area contributed by atoms with Crippen LogP contribution < -0.4 is 0 Å². The number of rotatable bonds is 6. The Labute approximate surface area is 99.2 Å². The van der Waals surface area contributed by atoms with Gasteiger partial charge in [-0.15, -0.1) is 0 Å². The second kappa shape index (κ2) is 6.03. The average molecular weight is 240 g/mol. The lowest BCUT2D eigenvalue weighted by Crippen LogP contribution is -2.21. The molecule has 1 atom stereocenters. The number of hydrogen-bond donors (Lipinski definition) is 1. The van der Waals surface area contributed by atoms with Crippen LogP contribution in [0.25, 0.3) is 0 Å². The first-order valence-electron chi connectivity index (χ1n) is 5.53. The number of esters is 1. The summed E-state index contributed by atoms with van der Waals surface area (Å²) < 4.78 is 6.44. The third-order valence-corrected chi connectivity index (χ3v) is 2.30. The highest BCUT2D eigenvalue weighted by atomic mass is 16.5. The van der Waals surface area contributed by atoms with Gasteiger partial charge >= 0.3 is 11.9 Å². The first-order chi connectivity index (χ1) is 8.10. The van der Waals surface area contributed by atoms with Crippen molar-refractivity contribution in [3.8, 4) is 0 Å². The molecule has 1 heterocycles. The number of nitrogens with zero attached hydrogens (tertiary/aromatic N) is 2. The lowest BCUT2D eigenvalue weighted by atomic mass is 10.1. The van der Waals surface area contributed by atoms with Gasteiger partial charge in [-0.2, -0.15) is 0 Å². The van der Waals surface area contributed by atoms with Crippen molar-refractivity contribution in [3.05, 3.63) is 18.2 Å². The Hall–Kier alpha value is -1.85. The highest BCUT2D eigenvalue weighted by molar-refractivity contribution is 5.85. The van der Waals surface area contributed by atoms with E-state index in [0.717, 1.165) is 6.42 Å². The fourth-order valence-corrected chi connectivity index (χ4v) is 1.52. The van der Waals surface area contributed by atoms with Gasteiger partial charge in [-0.05, 0) is 13.3 Å². The van der Waals surface area contributed by atoms with Crippen LogP contribution >= 0.6 is 0 Å². The molecular weight excluding hydrogens is 224 g/mol. The Morgan fingerprint density at radius 3 is 2.71 bits per heavy atom. The quantitative estimate of drug-likeness (QED) is 0.762. The summed E-state index contributed by atoms with van der Waals surface area (Å²) in [5.74, 6) is -1.47. The minimum atomic E-state index is -1.11. The number of hydrogen-bond acceptors (Lipinski definition) is 4. The molecule has 0 saturated heterocycles. The fourth-order valence-electron chi connectivity index (χ4n) is 1.52. The molecule has 6 nitrogen and oxygen atoms in total. The maximum atomic E-state index is 11.7. The van der Waals surface area contributed by atoms with Crippen LogP contribution in [0.1, 0.15) is 43.2 Å². The van der Waals surface area contributed by atoms with Crippen molar-refractivity contribution in [2.45, 2.75) is 32.7 Å². The Morgan fingerprint density at radius 2 is 2.24 bits per heavy atom. The zero-order chi connectivity index (χ0) is 12.8. The van der Waals surface area contributed by atoms with Crippen molar-refractivity contribution in [2.75, 3.05) is 6.61 Å². The van der Waals surface area contributed by atoms with E-state index in [4.69, 9.17) is 9.84 Å². The van der Waals surface area contributed by atoms with Gasteiger partial charge in [-0.3, -0.25) is 0 Å². The molecule has 0 aliphatic rings. The maximum Gasteiger partial charge on any atom is 0.356 e. The first kappa shape index (κ1) is 13.2. The van der Waals surface area contributed by atoms with Crippen LogP contribution in [0.5, 0.6) is 0 Å². The lowest BCUT2D eigenvalue weighted by molar-refractivity contribution is -0.147. The minimum absolute atomic E-state index is 0.0737. The Morgan fingerprint density at radius 1 is 1.53 bits per heavy atom. The van der Waals surface area contributed by atoms with Gasteiger partial charge in [-0.25, -0.2) is 14.6 Å². The minimum Gasteiger partial charge on any atom is -0.476 e. The molecule has 1 aromatic rings. The summed E-state index contributed by atoms with van der Waals surface area (Å²) in [6.45, 7) is 3.98. The zero-order valence-corrected chi connectivity index (χ0v) is 9.92. The number of carboxylic acids is 1. The van der Waals surface area contributed by atoms with E-state index in [9.17, 15) is 9.59 Å². The van der Waals surface area contributed by atoms with E-state index in [2.05, 4.69) is 4.98 Å². The molecule has 0 aromatic carbocycles. The Kier molecular flexibility index (Phi) is 4.68. The van der Waals surface area contributed by atoms with E-state index in [1.165, 1.54) is 17.1 Å². The summed E-state index contributed by atoms with van der Waals surface area (Å²) in [6.07, 6.45) is 4.08. The monoisotopic (exact) mass is 240 g/mol. The van der Waals surface area contributed by atoms with Crippen molar-refractivity contribution in [1.82, 2.24) is 9.55 Å². The highest BCUT2D eigenvalue weighted by Crippen LogP contribution is 2.16. The van der Waals surface area contributed by atoms with Crippen molar-refractivity contribution in [2.24, 2.45) is 0 Å². The van der Waals surface area contributed by atoms with Crippen LogP contribution in [0.15, 0.2) is 12.5 Å². The van der Waals surface area contributed by atoms with Gasteiger partial charge in [0.2, 0.25) is 0 Å². The summed E-state index contributed by atoms with van der Waals surface area (Å²) in [4.78, 5) is 26.1. The molecule has 0 radical (unpaired) electrons. The molecule has 17 heavy (non-hydrogen) atoms. The molecule has 0 saturated carbocycles. The van der Waals surface area contributed by atoms with E-state index < -0.39 is 12.0 Å². The molecule has 1 N–H and O–H groups in total. The normalized spacial score (nSPS) is 12.1. The van der Waals surface area contributed by atoms with E-state index in [-0.39, 0.29) is 11.7 Å². The summed E-state index contributed by atoms with van der Waals surface area (Å²) in [5.41, 5.74) is -0.0737. The topological polar surface area (TPSA) is 81.4 Å². The molecule has 1 aromatic heterocycles. The van der Waals surface area contributed by atoms with E-state index >= 15 is 0 Å². The van der Waals surface area contributed by atoms with Crippen LogP contribution in [-0.4, -0.2) is 33.2 Å². The largest absolute Gasteiger partial charge is 0.476 e. The molecule has 0 aliphatic carbocycles. The second-order valence-electron chi connectivity index (χ2n) is 3.57. The van der Waals surface area contributed by atoms with Crippen LogP contribution in [-0.2, 0) is 9.53 Å². The number of ether oxygens (including phenoxy) is 1. The highest BCUT2D eigenvalue weighted by Gasteiger charge is 2.21. The van der Waals surface area contributed by atoms with Crippen molar-refractivity contribution in [3.63, 3.8) is 0 Å². The smallest absolute Gasteiger partial charge is 0.356 e. The van der Waals surface area contributed by atoms with Gasteiger partial charge in [0, 0.05) is 6.20 Å². The molecule has 0 amide bonds. The molecule has 0 spiro atoms. The van der Waals surface area contributed by atoms with Gasteiger partial charge in [0.1, 0.15) is 6.04 Å². The second-order valence-corrected chi connectivity index (χ2v) is 3.57. The van der Waals surface area contributed by atoms with Gasteiger partial charge < -0.3 is 14.4 Å². The number of carbonyl (C=O) groups excluding carboxylic acids is 1. The van der Waals surface area contributed by atoms with Gasteiger partial charge in [-0.1, -0.05) is 13.3 Å². The fraction of sp³-hybridized carbons (Fsp3) is 0.545. The number of aromatic nitrogens is 2. The summed E-state index contributed by atoms with van der Waals surface area (Å²) in [6, 6.07) is -0.499. The molecule has 0 aliphatic heterocycles. The average Bonchev–Trinajstić information content (AvgIpc) is 2.75. The molecule has 1 rings (SSSR count). The van der Waals surface area contributed by atoms with Crippen LogP contribution in [0.4, 0.5) is 0 Å². The van der Waals surface area contributed by atoms with Crippen LogP contribution in [0.3, 0.4) is 0 Å². The lowest BCUT2D eigenvalue weighted by Gasteiger charge is -2.15. The molecule has 6 heteroatoms. The number of carboxylic acid groups (broad SMARTS) is 1. The predicted octanol–water partition coefficient (Wildman–Crippen LogP) is 1.49. The first-order valence-corrected chi connectivity index (χ1v) is 5.53. The zero-order valence-electron chi connectivity index (χ0n) is 9.92. The van der Waals surface area contributed by atoms with E-state index in [0.29, 0.717) is 13.0 Å². The maximum absolute atomic E-state index is 11.7. The van der Waals surface area contributed by atoms with Gasteiger partial charge in [0.05, 0.1) is 12.9 Å². The third-order valence-electron chi connectivity index (χ3n) is 2.30. The summed E-state index contributed by atoms with van der Waals surface area (Å²) >= 11 is 0. The molecule has 1 unspecified atom stereocenters. The number of carbonyl (C=O) groups is 2. The van der Waals surface area contributed by atoms with Crippen LogP contribution in [0.2, 0.25) is 0 Å². The Balaban J connectivity index is 2.88. The van der Waals surface area contributed by atoms with Crippen molar-refractivity contribution in [1.29, 1.82) is 0 Å². The van der Waals surface area contributed by atoms with Crippen molar-refractivity contribution < 1.29 is 19.4 Å². The SMILES string of the molecule is CCCC(C(=O)OCC)n1cnc(C(=O)O)c1. The Bertz CT molecular complexity index is 400. The molecule has 94 valence electrons. The molecule has 0 fully saturated rings. The predicted molar refractivity (Wildman–Crippen MR) is 59.8 cm³/mol. The standard InChI is InChI=1S/C11H16N2O4/c1-3-5-9(11(16)17-4-2)13-6-8(10(14)15)12-7-13/h6-7,9H,3-5H2,1-2H3,(H,14,15). The number of imidazole rings is 1. The van der Waals surface area contributed by atoms with Gasteiger partial charge in [0.25, 0.3) is 0 Å². The van der Waals surface area contributed by atoms with Gasteiger partial charge in [0.15, 0.2) is 5.69 Å². The summed E-state index contributed by atoms with van der Waals surface area (Å²) in [7, 11) is 0. The van der Waals surface area contributed by atoms with Crippen LogP contribution in [0, 0.1) is 0 Å². The van der Waals surface area contributed by atoms with E-state index in [1.807, 2.05) is 6.92 Å². The molecule has 0 bridgehead atoms. The number of aromatic carboxylic acids is 1. The summed E-state index contributed by atoms with van der Waals surface area (Å²) in [5, 5.41) is 8.76. The van der Waals surface area contributed by atoms with E-state index in [1.54, 1.807) is 6.92 Å². The van der Waals surface area contributed by atoms with Crippen molar-refractivity contribution >= 4 is 11.9 Å². The third kappa shape index (κ3) is 3.30. The molecular formula is C11H16N2O4.